The topological polar surface area (TPSA) is 101 Å². The van der Waals surface area contributed by atoms with Gasteiger partial charge < -0.3 is 5.73 Å². The van der Waals surface area contributed by atoms with Crippen molar-refractivity contribution in [1.82, 2.24) is 10.9 Å². The largest absolute Gasteiger partial charge is 0.350 e. The first-order chi connectivity index (χ1) is 14.8. The number of carbonyl (C=O) groups is 3. The van der Waals surface area contributed by atoms with Crippen LogP contribution in [0.5, 0.6) is 0 Å². The van der Waals surface area contributed by atoms with Crippen LogP contribution in [0.1, 0.15) is 83.5 Å². The summed E-state index contributed by atoms with van der Waals surface area (Å²) in [6.07, 6.45) is 15.0. The SMILES string of the molecule is NC(=O)NNC(=O)C(C(=O)CC12CC3CC(CC(C3)C1)C2)C12CC3CC(CC(C3)C1)C2. The molecule has 0 aliphatic heterocycles. The van der Waals surface area contributed by atoms with Crippen molar-refractivity contribution in [3.8, 4) is 0 Å². The molecule has 8 fully saturated rings. The van der Waals surface area contributed by atoms with Crippen LogP contribution >= 0.6 is 0 Å². The molecule has 0 heterocycles. The van der Waals surface area contributed by atoms with Crippen LogP contribution in [0.2, 0.25) is 0 Å². The number of primary amides is 1. The fraction of sp³-hybridized carbons (Fsp3) is 0.880. The predicted octanol–water partition coefficient (Wildman–Crippen LogP) is 3.69. The first-order valence-corrected chi connectivity index (χ1v) is 12.7. The molecule has 6 heteroatoms. The molecule has 8 aliphatic carbocycles. The van der Waals surface area contributed by atoms with Gasteiger partial charge >= 0.3 is 6.03 Å². The third-order valence-corrected chi connectivity index (χ3v) is 10.3. The van der Waals surface area contributed by atoms with Crippen LogP contribution in [0.15, 0.2) is 0 Å². The van der Waals surface area contributed by atoms with Gasteiger partial charge in [0.1, 0.15) is 11.7 Å². The van der Waals surface area contributed by atoms with E-state index in [1.807, 2.05) is 0 Å². The molecule has 8 bridgehead atoms. The standard InChI is InChI=1S/C25H37N3O3/c26-23(31)28-27-22(30)21(25-10-17-4-18(11-25)6-19(5-17)12-25)20(29)13-24-7-14-1-15(8-24)3-16(2-14)9-24/h14-19,21H,1-13H2,(H,27,30)(H3,26,28,31). The van der Waals surface area contributed by atoms with Crippen molar-refractivity contribution in [3.63, 3.8) is 0 Å². The first kappa shape index (κ1) is 20.0. The van der Waals surface area contributed by atoms with Gasteiger partial charge in [0.2, 0.25) is 5.91 Å². The molecular weight excluding hydrogens is 390 g/mol. The van der Waals surface area contributed by atoms with Crippen LogP contribution < -0.4 is 16.6 Å². The Labute approximate surface area is 184 Å². The van der Waals surface area contributed by atoms with Crippen molar-refractivity contribution in [2.24, 2.45) is 58.0 Å². The van der Waals surface area contributed by atoms with Crippen LogP contribution in [0.4, 0.5) is 4.79 Å². The van der Waals surface area contributed by atoms with Crippen LogP contribution in [0.25, 0.3) is 0 Å². The number of hydrogen-bond acceptors (Lipinski definition) is 3. The number of nitrogens with one attached hydrogen (secondary N) is 2. The van der Waals surface area contributed by atoms with Crippen molar-refractivity contribution in [2.75, 3.05) is 0 Å². The van der Waals surface area contributed by atoms with Crippen molar-refractivity contribution < 1.29 is 14.4 Å². The van der Waals surface area contributed by atoms with E-state index in [0.29, 0.717) is 24.2 Å². The molecule has 4 N–H and O–H groups in total. The van der Waals surface area contributed by atoms with Crippen LogP contribution in [0, 0.1) is 52.3 Å². The second-order valence-corrected chi connectivity index (χ2v) is 12.8. The lowest BCUT2D eigenvalue weighted by molar-refractivity contribution is -0.156. The molecule has 6 nitrogen and oxygen atoms in total. The molecule has 0 aromatic carbocycles. The number of amides is 3. The van der Waals surface area contributed by atoms with Crippen molar-refractivity contribution in [1.29, 1.82) is 0 Å². The lowest BCUT2D eigenvalue weighted by Crippen LogP contribution is -2.58. The Kier molecular flexibility index (Phi) is 4.50. The fourth-order valence-corrected chi connectivity index (χ4v) is 10.5. The normalized spacial score (nSPS) is 47.2. The summed E-state index contributed by atoms with van der Waals surface area (Å²) < 4.78 is 0. The molecule has 8 rings (SSSR count). The Balaban J connectivity index is 1.27. The second-order valence-electron chi connectivity index (χ2n) is 12.8. The number of ketones is 1. The predicted molar refractivity (Wildman–Crippen MR) is 115 cm³/mol. The maximum absolute atomic E-state index is 14.0. The van der Waals surface area contributed by atoms with Gasteiger partial charge in [-0.3, -0.25) is 15.0 Å². The van der Waals surface area contributed by atoms with Crippen molar-refractivity contribution >= 4 is 17.7 Å². The van der Waals surface area contributed by atoms with Crippen molar-refractivity contribution in [2.45, 2.75) is 83.5 Å². The van der Waals surface area contributed by atoms with Crippen molar-refractivity contribution in [3.05, 3.63) is 0 Å². The number of rotatable bonds is 5. The highest BCUT2D eigenvalue weighted by Gasteiger charge is 2.59. The summed E-state index contributed by atoms with van der Waals surface area (Å²) >= 11 is 0. The first-order valence-electron chi connectivity index (χ1n) is 12.7. The summed E-state index contributed by atoms with van der Waals surface area (Å²) in [7, 11) is 0. The highest BCUT2D eigenvalue weighted by Crippen LogP contribution is 2.65. The highest BCUT2D eigenvalue weighted by atomic mass is 16.2. The summed E-state index contributed by atoms with van der Waals surface area (Å²) in [4.78, 5) is 38.7. The molecule has 170 valence electrons. The minimum atomic E-state index is -0.786. The van der Waals surface area contributed by atoms with E-state index in [2.05, 4.69) is 10.9 Å². The van der Waals surface area contributed by atoms with Crippen LogP contribution in [-0.4, -0.2) is 17.7 Å². The number of hydrogen-bond donors (Lipinski definition) is 3. The molecule has 0 radical (unpaired) electrons. The van der Waals surface area contributed by atoms with Gasteiger partial charge in [-0.25, -0.2) is 10.2 Å². The van der Waals surface area contributed by atoms with Gasteiger partial charge in [0, 0.05) is 6.42 Å². The molecule has 0 aromatic heterocycles. The van der Waals surface area contributed by atoms with Gasteiger partial charge in [-0.1, -0.05) is 0 Å². The Morgan fingerprint density at radius 1 is 0.710 bits per heavy atom. The molecule has 0 saturated heterocycles. The third-order valence-electron chi connectivity index (χ3n) is 10.3. The van der Waals surface area contributed by atoms with Gasteiger partial charge in [0.25, 0.3) is 0 Å². The van der Waals surface area contributed by atoms with E-state index >= 15 is 0 Å². The monoisotopic (exact) mass is 427 g/mol. The average Bonchev–Trinajstić information content (AvgIpc) is 2.63. The Bertz CT molecular complexity index is 735. The van der Waals surface area contributed by atoms with E-state index < -0.39 is 11.9 Å². The average molecular weight is 428 g/mol. The van der Waals surface area contributed by atoms with E-state index in [1.54, 1.807) is 0 Å². The van der Waals surface area contributed by atoms with E-state index in [1.165, 1.54) is 57.8 Å². The summed E-state index contributed by atoms with van der Waals surface area (Å²) in [5.41, 5.74) is 9.90. The van der Waals surface area contributed by atoms with Crippen LogP contribution in [0.3, 0.4) is 0 Å². The Morgan fingerprint density at radius 2 is 1.13 bits per heavy atom. The van der Waals surface area contributed by atoms with Gasteiger partial charge in [0.15, 0.2) is 0 Å². The molecule has 0 aromatic rings. The maximum atomic E-state index is 14.0. The van der Waals surface area contributed by atoms with Gasteiger partial charge in [-0.05, 0) is 123 Å². The molecule has 8 saturated carbocycles. The second kappa shape index (κ2) is 6.95. The minimum Gasteiger partial charge on any atom is -0.350 e. The number of hydrazine groups is 1. The Morgan fingerprint density at radius 3 is 1.55 bits per heavy atom. The smallest absolute Gasteiger partial charge is 0.330 e. The van der Waals surface area contributed by atoms with Gasteiger partial charge in [-0.2, -0.15) is 0 Å². The number of Topliss-reactive ketones (excluding diaryl/α,β-unsaturated/α-hetero) is 1. The third kappa shape index (κ3) is 3.39. The molecule has 1 unspecified atom stereocenters. The molecule has 3 amide bonds. The molecule has 1 atom stereocenters. The van der Waals surface area contributed by atoms with E-state index in [9.17, 15) is 14.4 Å². The lowest BCUT2D eigenvalue weighted by atomic mass is 9.44. The van der Waals surface area contributed by atoms with Gasteiger partial charge in [-0.15, -0.1) is 0 Å². The van der Waals surface area contributed by atoms with Crippen LogP contribution in [-0.2, 0) is 9.59 Å². The molecular formula is C25H37N3O3. The van der Waals surface area contributed by atoms with E-state index in [0.717, 1.165) is 37.0 Å². The summed E-state index contributed by atoms with van der Waals surface area (Å²) in [6.45, 7) is 0. The highest BCUT2D eigenvalue weighted by molar-refractivity contribution is 6.03. The Hall–Kier alpha value is -1.59. The molecule has 0 spiro atoms. The maximum Gasteiger partial charge on any atom is 0.330 e. The zero-order chi connectivity index (χ0) is 21.4. The summed E-state index contributed by atoms with van der Waals surface area (Å²) in [5, 5.41) is 0. The lowest BCUT2D eigenvalue weighted by Gasteiger charge is -2.59. The fourth-order valence-electron chi connectivity index (χ4n) is 10.5. The van der Waals surface area contributed by atoms with E-state index in [4.69, 9.17) is 5.73 Å². The zero-order valence-corrected chi connectivity index (χ0v) is 18.5. The molecule has 8 aliphatic rings. The summed E-state index contributed by atoms with van der Waals surface area (Å²) in [5.74, 6) is 3.56. The minimum absolute atomic E-state index is 0.129. The molecule has 31 heavy (non-hydrogen) atoms. The number of carbonyl (C=O) groups excluding carboxylic acids is 3. The zero-order valence-electron chi connectivity index (χ0n) is 18.5. The van der Waals surface area contributed by atoms with E-state index in [-0.39, 0.29) is 22.5 Å². The van der Waals surface area contributed by atoms with Gasteiger partial charge in [0.05, 0.1) is 0 Å². The quantitative estimate of drug-likeness (QED) is 0.461. The summed E-state index contributed by atoms with van der Waals surface area (Å²) in [6, 6.07) is -0.786. The number of urea groups is 1. The number of nitrogens with two attached hydrogens (primary N) is 1.